The molecule has 5 nitrogen and oxygen atoms in total. The highest BCUT2D eigenvalue weighted by molar-refractivity contribution is 7.92. The number of aryl methyl sites for hydroxylation is 1. The van der Waals surface area contributed by atoms with Crippen LogP contribution in [0.2, 0.25) is 15.1 Å². The SMILES string of the molecule is O=C(Cc1ccc2c(n1)N(S(=O)(=O)c1cccc(Cl)c1)CCC2)c1c(Cl)cccc1Cl. The number of hydrogen-bond donors (Lipinski definition) is 0. The summed E-state index contributed by atoms with van der Waals surface area (Å²) >= 11 is 18.3. The number of carbonyl (C=O) groups is 1. The van der Waals surface area contributed by atoms with Gasteiger partial charge >= 0.3 is 0 Å². The Bertz CT molecular complexity index is 1260. The Morgan fingerprint density at radius 3 is 2.42 bits per heavy atom. The van der Waals surface area contributed by atoms with E-state index in [-0.39, 0.29) is 32.7 Å². The summed E-state index contributed by atoms with van der Waals surface area (Å²) in [4.78, 5) is 17.4. The van der Waals surface area contributed by atoms with Crippen molar-refractivity contribution in [3.8, 4) is 0 Å². The molecule has 0 saturated heterocycles. The average Bonchev–Trinajstić information content (AvgIpc) is 2.73. The molecule has 9 heteroatoms. The quantitative estimate of drug-likeness (QED) is 0.432. The summed E-state index contributed by atoms with van der Waals surface area (Å²) < 4.78 is 27.8. The smallest absolute Gasteiger partial charge is 0.265 e. The zero-order valence-electron chi connectivity index (χ0n) is 16.2. The van der Waals surface area contributed by atoms with Crippen LogP contribution in [-0.2, 0) is 22.9 Å². The van der Waals surface area contributed by atoms with Crippen molar-refractivity contribution in [1.82, 2.24) is 4.98 Å². The lowest BCUT2D eigenvalue weighted by Gasteiger charge is -2.29. The minimum absolute atomic E-state index is 0.0538. The number of rotatable bonds is 5. The number of hydrogen-bond acceptors (Lipinski definition) is 4. The molecule has 0 radical (unpaired) electrons. The summed E-state index contributed by atoms with van der Waals surface area (Å²) in [6.07, 6.45) is 1.32. The van der Waals surface area contributed by atoms with Crippen molar-refractivity contribution >= 4 is 56.4 Å². The minimum atomic E-state index is -3.85. The zero-order chi connectivity index (χ0) is 22.2. The van der Waals surface area contributed by atoms with Crippen LogP contribution in [0.4, 0.5) is 5.82 Å². The number of anilines is 1. The van der Waals surface area contributed by atoms with E-state index >= 15 is 0 Å². The molecule has 1 aromatic heterocycles. The lowest BCUT2D eigenvalue weighted by molar-refractivity contribution is 0.0992. The molecule has 4 rings (SSSR count). The highest BCUT2D eigenvalue weighted by Gasteiger charge is 2.31. The number of pyridine rings is 1. The summed E-state index contributed by atoms with van der Waals surface area (Å²) in [5.74, 6) is 0.0462. The molecule has 0 spiro atoms. The van der Waals surface area contributed by atoms with Gasteiger partial charge in [0, 0.05) is 11.6 Å². The molecule has 0 N–H and O–H groups in total. The molecule has 0 amide bonds. The molecule has 0 saturated carbocycles. The molecule has 0 bridgehead atoms. The Labute approximate surface area is 195 Å². The van der Waals surface area contributed by atoms with Crippen LogP contribution < -0.4 is 4.31 Å². The second-order valence-electron chi connectivity index (χ2n) is 7.12. The van der Waals surface area contributed by atoms with Crippen LogP contribution in [0, 0.1) is 0 Å². The van der Waals surface area contributed by atoms with Gasteiger partial charge in [0.1, 0.15) is 5.82 Å². The van der Waals surface area contributed by atoms with Crippen molar-refractivity contribution in [3.63, 3.8) is 0 Å². The Hall–Kier alpha value is -2.12. The number of sulfonamides is 1. The fourth-order valence-electron chi connectivity index (χ4n) is 3.55. The third kappa shape index (κ3) is 4.44. The van der Waals surface area contributed by atoms with Crippen LogP contribution in [0.15, 0.2) is 59.5 Å². The van der Waals surface area contributed by atoms with E-state index < -0.39 is 10.0 Å². The molecular formula is C22H17Cl3N2O3S. The highest BCUT2D eigenvalue weighted by atomic mass is 35.5. The van der Waals surface area contributed by atoms with Gasteiger partial charge in [-0.15, -0.1) is 0 Å². The molecule has 160 valence electrons. The normalized spacial score (nSPS) is 13.7. The summed E-state index contributed by atoms with van der Waals surface area (Å²) in [6, 6.07) is 14.5. The Morgan fingerprint density at radius 1 is 1.00 bits per heavy atom. The van der Waals surface area contributed by atoms with Crippen LogP contribution in [0.3, 0.4) is 0 Å². The first kappa shape index (κ1) is 22.1. The van der Waals surface area contributed by atoms with Gasteiger partial charge in [0.05, 0.1) is 32.6 Å². The third-order valence-electron chi connectivity index (χ3n) is 5.02. The number of benzene rings is 2. The van der Waals surface area contributed by atoms with Crippen molar-refractivity contribution < 1.29 is 13.2 Å². The molecule has 0 aliphatic carbocycles. The molecule has 0 unspecified atom stereocenters. The molecule has 1 aliphatic heterocycles. The van der Waals surface area contributed by atoms with Crippen molar-refractivity contribution in [2.75, 3.05) is 10.8 Å². The van der Waals surface area contributed by atoms with E-state index in [2.05, 4.69) is 4.98 Å². The molecule has 0 atom stereocenters. The van der Waals surface area contributed by atoms with Crippen LogP contribution >= 0.6 is 34.8 Å². The maximum absolute atomic E-state index is 13.3. The lowest BCUT2D eigenvalue weighted by Crippen LogP contribution is -2.36. The molecular weight excluding hydrogens is 479 g/mol. The zero-order valence-corrected chi connectivity index (χ0v) is 19.3. The largest absolute Gasteiger partial charge is 0.294 e. The predicted molar refractivity (Wildman–Crippen MR) is 123 cm³/mol. The van der Waals surface area contributed by atoms with E-state index in [4.69, 9.17) is 34.8 Å². The topological polar surface area (TPSA) is 67.3 Å². The fourth-order valence-corrected chi connectivity index (χ4v) is 5.95. The van der Waals surface area contributed by atoms with E-state index in [1.54, 1.807) is 36.4 Å². The van der Waals surface area contributed by atoms with Gasteiger partial charge in [-0.25, -0.2) is 17.7 Å². The van der Waals surface area contributed by atoms with Crippen molar-refractivity contribution in [2.24, 2.45) is 0 Å². The molecule has 1 aliphatic rings. The first-order chi connectivity index (χ1) is 14.8. The fraction of sp³-hybridized carbons (Fsp3) is 0.182. The summed E-state index contributed by atoms with van der Waals surface area (Å²) in [6.45, 7) is 0.294. The second kappa shape index (κ2) is 8.79. The summed E-state index contributed by atoms with van der Waals surface area (Å²) in [5.41, 5.74) is 1.48. The van der Waals surface area contributed by atoms with E-state index in [0.29, 0.717) is 35.9 Å². The number of Topliss-reactive ketones (excluding diaryl/α,β-unsaturated/α-hetero) is 1. The Morgan fingerprint density at radius 2 is 1.71 bits per heavy atom. The van der Waals surface area contributed by atoms with Gasteiger partial charge in [0.2, 0.25) is 0 Å². The van der Waals surface area contributed by atoms with Gasteiger partial charge < -0.3 is 0 Å². The van der Waals surface area contributed by atoms with Crippen molar-refractivity contribution in [2.45, 2.75) is 24.2 Å². The van der Waals surface area contributed by atoms with Gasteiger partial charge in [0.25, 0.3) is 10.0 Å². The number of aromatic nitrogens is 1. The van der Waals surface area contributed by atoms with E-state index in [1.807, 2.05) is 6.07 Å². The number of nitrogens with zero attached hydrogens (tertiary/aromatic N) is 2. The minimum Gasteiger partial charge on any atom is -0.294 e. The van der Waals surface area contributed by atoms with Crippen molar-refractivity contribution in [3.05, 3.63) is 86.5 Å². The second-order valence-corrected chi connectivity index (χ2v) is 10.2. The maximum Gasteiger partial charge on any atom is 0.265 e. The number of ketones is 1. The highest BCUT2D eigenvalue weighted by Crippen LogP contribution is 2.32. The average molecular weight is 496 g/mol. The van der Waals surface area contributed by atoms with Crippen molar-refractivity contribution in [1.29, 1.82) is 0 Å². The van der Waals surface area contributed by atoms with Crippen LogP contribution in [0.5, 0.6) is 0 Å². The number of carbonyl (C=O) groups excluding carboxylic acids is 1. The van der Waals surface area contributed by atoms with Crippen LogP contribution in [0.1, 0.15) is 28.0 Å². The molecule has 3 aromatic rings. The summed E-state index contributed by atoms with van der Waals surface area (Å²) in [5, 5.41) is 0.864. The summed E-state index contributed by atoms with van der Waals surface area (Å²) in [7, 11) is -3.85. The van der Waals surface area contributed by atoms with Gasteiger partial charge in [-0.3, -0.25) is 4.79 Å². The lowest BCUT2D eigenvalue weighted by atomic mass is 10.0. The predicted octanol–water partition coefficient (Wildman–Crippen LogP) is 5.61. The first-order valence-electron chi connectivity index (χ1n) is 9.51. The van der Waals surface area contributed by atoms with Gasteiger partial charge in [-0.1, -0.05) is 53.0 Å². The third-order valence-corrected chi connectivity index (χ3v) is 7.68. The van der Waals surface area contributed by atoms with Crippen LogP contribution in [-0.4, -0.2) is 25.7 Å². The molecule has 2 aromatic carbocycles. The number of fused-ring (bicyclic) bond motifs is 1. The van der Waals surface area contributed by atoms with Crippen LogP contribution in [0.25, 0.3) is 0 Å². The Balaban J connectivity index is 1.69. The first-order valence-corrected chi connectivity index (χ1v) is 12.1. The monoisotopic (exact) mass is 494 g/mol. The van der Waals surface area contributed by atoms with Gasteiger partial charge in [-0.05, 0) is 54.8 Å². The Kier molecular flexibility index (Phi) is 6.26. The number of halogens is 3. The molecule has 0 fully saturated rings. The standard InChI is InChI=1S/C22H17Cl3N2O3S/c23-15-5-1-6-17(12-15)31(29,30)27-11-3-4-14-9-10-16(26-22(14)27)13-20(28)21-18(24)7-2-8-19(21)25/h1-2,5-10,12H,3-4,11,13H2. The maximum atomic E-state index is 13.3. The van der Waals surface area contributed by atoms with Gasteiger partial charge in [-0.2, -0.15) is 0 Å². The van der Waals surface area contributed by atoms with E-state index in [1.165, 1.54) is 16.4 Å². The van der Waals surface area contributed by atoms with Gasteiger partial charge in [0.15, 0.2) is 5.78 Å². The van der Waals surface area contributed by atoms with E-state index in [0.717, 1.165) is 5.56 Å². The molecule has 31 heavy (non-hydrogen) atoms. The van der Waals surface area contributed by atoms with E-state index in [9.17, 15) is 13.2 Å². The molecule has 2 heterocycles.